The van der Waals surface area contributed by atoms with E-state index >= 15 is 0 Å². The van der Waals surface area contributed by atoms with Gasteiger partial charge in [0, 0.05) is 12.1 Å². The zero-order valence-electron chi connectivity index (χ0n) is 11.4. The Morgan fingerprint density at radius 2 is 1.76 bits per heavy atom. The molecule has 0 unspecified atom stereocenters. The molecule has 0 aliphatic carbocycles. The van der Waals surface area contributed by atoms with Crippen molar-refractivity contribution in [3.8, 4) is 0 Å². The highest BCUT2D eigenvalue weighted by Crippen LogP contribution is 2.18. The quantitative estimate of drug-likeness (QED) is 0.732. The molecule has 5 nitrogen and oxygen atoms in total. The third-order valence-electron chi connectivity index (χ3n) is 3.02. The van der Waals surface area contributed by atoms with Crippen molar-refractivity contribution in [1.29, 1.82) is 0 Å². The molecule has 0 aliphatic heterocycles. The first-order valence-corrected chi connectivity index (χ1v) is 6.21. The number of nitrogens with one attached hydrogen (secondary N) is 2. The average molecular weight is 304 g/mol. The number of halogens is 3. The van der Waals surface area contributed by atoms with Crippen LogP contribution in [-0.2, 0) is 4.79 Å². The highest BCUT2D eigenvalue weighted by molar-refractivity contribution is 5.92. The van der Waals surface area contributed by atoms with Crippen LogP contribution in [0.15, 0.2) is 12.1 Å². The van der Waals surface area contributed by atoms with Crippen LogP contribution in [0.1, 0.15) is 20.3 Å². The van der Waals surface area contributed by atoms with E-state index in [2.05, 4.69) is 5.32 Å². The summed E-state index contributed by atoms with van der Waals surface area (Å²) in [6.07, 6.45) is 0.497. The van der Waals surface area contributed by atoms with Gasteiger partial charge in [-0.1, -0.05) is 20.3 Å². The molecule has 1 aromatic rings. The SMILES string of the molecule is CC[C@H](C)[C@H](NC(=O)Nc1cc(F)c(F)cc1F)C(=O)O. The predicted molar refractivity (Wildman–Crippen MR) is 69.3 cm³/mol. The summed E-state index contributed by atoms with van der Waals surface area (Å²) < 4.78 is 39.1. The predicted octanol–water partition coefficient (Wildman–Crippen LogP) is 2.72. The minimum absolute atomic E-state index is 0.286. The molecule has 0 spiro atoms. The van der Waals surface area contributed by atoms with Gasteiger partial charge in [0.05, 0.1) is 5.69 Å². The van der Waals surface area contributed by atoms with Crippen LogP contribution in [0.2, 0.25) is 0 Å². The van der Waals surface area contributed by atoms with Crippen LogP contribution in [0.4, 0.5) is 23.7 Å². The monoisotopic (exact) mass is 304 g/mol. The van der Waals surface area contributed by atoms with Gasteiger partial charge in [-0.25, -0.2) is 22.8 Å². The number of hydrogen-bond donors (Lipinski definition) is 3. The summed E-state index contributed by atoms with van der Waals surface area (Å²) in [5.74, 6) is -5.49. The van der Waals surface area contributed by atoms with Gasteiger partial charge in [-0.05, 0) is 5.92 Å². The van der Waals surface area contributed by atoms with Crippen molar-refractivity contribution in [3.05, 3.63) is 29.6 Å². The molecule has 0 bridgehead atoms. The molecular weight excluding hydrogens is 289 g/mol. The van der Waals surface area contributed by atoms with Crippen molar-refractivity contribution < 1.29 is 27.9 Å². The molecule has 0 heterocycles. The fourth-order valence-electron chi connectivity index (χ4n) is 1.60. The van der Waals surface area contributed by atoms with E-state index in [4.69, 9.17) is 5.11 Å². The molecule has 116 valence electrons. The maximum atomic E-state index is 13.3. The van der Waals surface area contributed by atoms with Gasteiger partial charge in [-0.2, -0.15) is 0 Å². The molecule has 0 radical (unpaired) electrons. The Bertz CT molecular complexity index is 552. The van der Waals surface area contributed by atoms with Crippen molar-refractivity contribution in [2.75, 3.05) is 5.32 Å². The highest BCUT2D eigenvalue weighted by atomic mass is 19.2. The smallest absolute Gasteiger partial charge is 0.326 e. The second-order valence-corrected chi connectivity index (χ2v) is 4.55. The molecule has 3 N–H and O–H groups in total. The van der Waals surface area contributed by atoms with Gasteiger partial charge in [-0.3, -0.25) is 0 Å². The van der Waals surface area contributed by atoms with E-state index in [9.17, 15) is 22.8 Å². The van der Waals surface area contributed by atoms with Gasteiger partial charge in [0.1, 0.15) is 11.9 Å². The molecule has 1 rings (SSSR count). The van der Waals surface area contributed by atoms with Crippen molar-refractivity contribution >= 4 is 17.7 Å². The van der Waals surface area contributed by atoms with Crippen LogP contribution in [0.3, 0.4) is 0 Å². The van der Waals surface area contributed by atoms with E-state index in [0.717, 1.165) is 0 Å². The lowest BCUT2D eigenvalue weighted by Crippen LogP contribution is -2.46. The van der Waals surface area contributed by atoms with E-state index < -0.39 is 41.2 Å². The Hall–Kier alpha value is -2.25. The Labute approximate surface area is 119 Å². The van der Waals surface area contributed by atoms with Crippen molar-refractivity contribution in [2.45, 2.75) is 26.3 Å². The van der Waals surface area contributed by atoms with Crippen molar-refractivity contribution in [2.24, 2.45) is 5.92 Å². The Morgan fingerprint density at radius 1 is 1.19 bits per heavy atom. The zero-order valence-corrected chi connectivity index (χ0v) is 11.4. The molecule has 21 heavy (non-hydrogen) atoms. The molecule has 0 aromatic heterocycles. The lowest BCUT2D eigenvalue weighted by molar-refractivity contribution is -0.140. The van der Waals surface area contributed by atoms with Gasteiger partial charge >= 0.3 is 12.0 Å². The molecule has 0 aliphatic rings. The first kappa shape index (κ1) is 16.8. The van der Waals surface area contributed by atoms with E-state index in [1.807, 2.05) is 5.32 Å². The molecule has 8 heteroatoms. The topological polar surface area (TPSA) is 78.4 Å². The number of carboxylic acid groups (broad SMARTS) is 1. The van der Waals surface area contributed by atoms with Gasteiger partial charge in [0.2, 0.25) is 0 Å². The maximum absolute atomic E-state index is 13.3. The minimum atomic E-state index is -1.39. The van der Waals surface area contributed by atoms with E-state index in [1.54, 1.807) is 13.8 Å². The number of hydrogen-bond acceptors (Lipinski definition) is 2. The third-order valence-corrected chi connectivity index (χ3v) is 3.02. The van der Waals surface area contributed by atoms with E-state index in [-0.39, 0.29) is 12.0 Å². The van der Waals surface area contributed by atoms with Crippen LogP contribution >= 0.6 is 0 Å². The number of carbonyl (C=O) groups excluding carboxylic acids is 1. The fraction of sp³-hybridized carbons (Fsp3) is 0.385. The van der Waals surface area contributed by atoms with E-state index in [0.29, 0.717) is 12.5 Å². The summed E-state index contributed by atoms with van der Waals surface area (Å²) >= 11 is 0. The molecular formula is C13H15F3N2O3. The Morgan fingerprint density at radius 3 is 2.29 bits per heavy atom. The summed E-state index contributed by atoms with van der Waals surface area (Å²) in [7, 11) is 0. The summed E-state index contributed by atoms with van der Waals surface area (Å²) in [4.78, 5) is 22.7. The minimum Gasteiger partial charge on any atom is -0.480 e. The third kappa shape index (κ3) is 4.37. The summed E-state index contributed by atoms with van der Waals surface area (Å²) in [6, 6.07) is -1.44. The fourth-order valence-corrected chi connectivity index (χ4v) is 1.60. The van der Waals surface area contributed by atoms with Crippen molar-refractivity contribution in [3.63, 3.8) is 0 Å². The van der Waals surface area contributed by atoms with Crippen LogP contribution < -0.4 is 10.6 Å². The molecule has 2 atom stereocenters. The molecule has 2 amide bonds. The number of anilines is 1. The largest absolute Gasteiger partial charge is 0.480 e. The van der Waals surface area contributed by atoms with Gasteiger partial charge in [-0.15, -0.1) is 0 Å². The van der Waals surface area contributed by atoms with Crippen LogP contribution in [0.5, 0.6) is 0 Å². The number of urea groups is 1. The standard InChI is InChI=1S/C13H15F3N2O3/c1-3-6(2)11(12(19)20)18-13(21)17-10-5-8(15)7(14)4-9(10)16/h4-6,11H,3H2,1-2H3,(H,19,20)(H2,17,18,21)/t6-,11-/m0/s1. The van der Waals surface area contributed by atoms with Crippen LogP contribution in [-0.4, -0.2) is 23.1 Å². The first-order chi connectivity index (χ1) is 9.76. The molecule has 1 aromatic carbocycles. The molecule has 0 fully saturated rings. The first-order valence-electron chi connectivity index (χ1n) is 6.21. The van der Waals surface area contributed by atoms with Gasteiger partial charge in [0.15, 0.2) is 11.6 Å². The van der Waals surface area contributed by atoms with Crippen molar-refractivity contribution in [1.82, 2.24) is 5.32 Å². The lowest BCUT2D eigenvalue weighted by Gasteiger charge is -2.20. The van der Waals surface area contributed by atoms with Crippen LogP contribution in [0.25, 0.3) is 0 Å². The van der Waals surface area contributed by atoms with E-state index in [1.165, 1.54) is 0 Å². The number of carbonyl (C=O) groups is 2. The lowest BCUT2D eigenvalue weighted by atomic mass is 9.99. The Kier molecular flexibility index (Phi) is 5.57. The van der Waals surface area contributed by atoms with Gasteiger partial charge in [0.25, 0.3) is 0 Å². The maximum Gasteiger partial charge on any atom is 0.326 e. The summed E-state index contributed by atoms with van der Waals surface area (Å²) in [5.41, 5.74) is -0.584. The van der Waals surface area contributed by atoms with Gasteiger partial charge < -0.3 is 15.7 Å². The normalized spacial score (nSPS) is 13.4. The number of carboxylic acids is 1. The highest BCUT2D eigenvalue weighted by Gasteiger charge is 2.25. The summed E-state index contributed by atoms with van der Waals surface area (Å²) in [6.45, 7) is 3.37. The summed E-state index contributed by atoms with van der Waals surface area (Å²) in [5, 5.41) is 13.1. The number of benzene rings is 1. The number of rotatable bonds is 5. The second-order valence-electron chi connectivity index (χ2n) is 4.55. The number of amides is 2. The second kappa shape index (κ2) is 6.96. The number of aliphatic carboxylic acids is 1. The Balaban J connectivity index is 2.81. The molecule has 0 saturated heterocycles. The zero-order chi connectivity index (χ0) is 16.2. The molecule has 0 saturated carbocycles. The van der Waals surface area contributed by atoms with Crippen LogP contribution in [0, 0.1) is 23.4 Å². The average Bonchev–Trinajstić information content (AvgIpc) is 2.41.